The minimum Gasteiger partial charge on any atom is -0.490 e. The topological polar surface area (TPSA) is 80.6 Å². The summed E-state index contributed by atoms with van der Waals surface area (Å²) in [6, 6.07) is 9.53. The van der Waals surface area contributed by atoms with Gasteiger partial charge in [0.15, 0.2) is 5.82 Å². The Morgan fingerprint density at radius 2 is 2.12 bits per heavy atom. The van der Waals surface area contributed by atoms with E-state index in [9.17, 15) is 0 Å². The fourth-order valence-corrected chi connectivity index (χ4v) is 2.66. The molecule has 0 unspecified atom stereocenters. The molecule has 0 fully saturated rings. The summed E-state index contributed by atoms with van der Waals surface area (Å²) in [6.45, 7) is 1.57. The molecule has 0 spiro atoms. The lowest BCUT2D eigenvalue weighted by molar-refractivity contribution is 0.251. The van der Waals surface area contributed by atoms with Crippen LogP contribution >= 0.6 is 0 Å². The molecular formula is C16H14B2N6O. The van der Waals surface area contributed by atoms with E-state index >= 15 is 0 Å². The summed E-state index contributed by atoms with van der Waals surface area (Å²) < 4.78 is 7.23. The second kappa shape index (κ2) is 5.54. The molecule has 3 heterocycles. The van der Waals surface area contributed by atoms with Gasteiger partial charge < -0.3 is 10.1 Å². The quantitative estimate of drug-likeness (QED) is 0.560. The van der Waals surface area contributed by atoms with Crippen LogP contribution in [0, 0.1) is 0 Å². The first-order valence-electron chi connectivity index (χ1n) is 7.70. The highest BCUT2D eigenvalue weighted by Gasteiger charge is 2.17. The van der Waals surface area contributed by atoms with Crippen LogP contribution in [0.4, 0.5) is 11.5 Å². The van der Waals surface area contributed by atoms with Crippen LogP contribution in [0.1, 0.15) is 6.92 Å². The third-order valence-corrected chi connectivity index (χ3v) is 3.72. The molecule has 4 aromatic rings. The standard InChI is InChI=1S/C16H14B2N6O/c1-16(17,18)25-15-10-6-5-9(8-12(10)24(2)23-15)20-14-13-11(21-22-14)4-3-7-19-13/h3-8H,1-2H3,(H2,20,21,22). The van der Waals surface area contributed by atoms with Gasteiger partial charge >= 0.3 is 0 Å². The summed E-state index contributed by atoms with van der Waals surface area (Å²) in [5.41, 5.74) is 3.37. The van der Waals surface area contributed by atoms with E-state index in [1.54, 1.807) is 17.8 Å². The van der Waals surface area contributed by atoms with Gasteiger partial charge in [0.1, 0.15) is 21.2 Å². The Morgan fingerprint density at radius 1 is 1.28 bits per heavy atom. The smallest absolute Gasteiger partial charge is 0.239 e. The Bertz CT molecular complexity index is 1070. The van der Waals surface area contributed by atoms with Crippen molar-refractivity contribution >= 4 is 49.1 Å². The maximum absolute atomic E-state index is 5.72. The van der Waals surface area contributed by atoms with Crippen LogP contribution in [0.5, 0.6) is 5.88 Å². The van der Waals surface area contributed by atoms with E-state index < -0.39 is 5.40 Å². The van der Waals surface area contributed by atoms with Gasteiger partial charge in [-0.2, -0.15) is 5.10 Å². The number of hydrogen-bond donors (Lipinski definition) is 2. The number of anilines is 2. The monoisotopic (exact) mass is 328 g/mol. The van der Waals surface area contributed by atoms with Gasteiger partial charge in [-0.15, -0.1) is 5.10 Å². The van der Waals surface area contributed by atoms with E-state index in [0.29, 0.717) is 11.7 Å². The highest BCUT2D eigenvalue weighted by Crippen LogP contribution is 2.30. The lowest BCUT2D eigenvalue weighted by atomic mass is 9.67. The molecule has 3 aromatic heterocycles. The molecule has 2 N–H and O–H groups in total. The molecular weight excluding hydrogens is 314 g/mol. The molecule has 0 aliphatic carbocycles. The van der Waals surface area contributed by atoms with Crippen molar-refractivity contribution in [1.29, 1.82) is 0 Å². The van der Waals surface area contributed by atoms with E-state index in [1.807, 2.05) is 37.4 Å². The number of fused-ring (bicyclic) bond motifs is 2. The van der Waals surface area contributed by atoms with Crippen molar-refractivity contribution in [3.8, 4) is 5.88 Å². The lowest BCUT2D eigenvalue weighted by Crippen LogP contribution is -2.33. The van der Waals surface area contributed by atoms with Crippen molar-refractivity contribution in [2.24, 2.45) is 7.05 Å². The Kier molecular flexibility index (Phi) is 3.45. The van der Waals surface area contributed by atoms with Crippen molar-refractivity contribution in [3.63, 3.8) is 0 Å². The molecule has 0 amide bonds. The van der Waals surface area contributed by atoms with Crippen LogP contribution in [0.2, 0.25) is 0 Å². The van der Waals surface area contributed by atoms with E-state index in [0.717, 1.165) is 27.6 Å². The van der Waals surface area contributed by atoms with Gasteiger partial charge in [-0.05, 0) is 37.3 Å². The van der Waals surface area contributed by atoms with Crippen molar-refractivity contribution < 1.29 is 4.74 Å². The maximum atomic E-state index is 5.72. The molecule has 0 aliphatic rings. The number of aromatic amines is 1. The van der Waals surface area contributed by atoms with Crippen molar-refractivity contribution in [3.05, 3.63) is 36.5 Å². The molecule has 1 aromatic carbocycles. The zero-order chi connectivity index (χ0) is 17.6. The third kappa shape index (κ3) is 2.93. The van der Waals surface area contributed by atoms with Gasteiger partial charge in [0.05, 0.1) is 16.4 Å². The van der Waals surface area contributed by atoms with Crippen LogP contribution in [0.25, 0.3) is 21.9 Å². The largest absolute Gasteiger partial charge is 0.490 e. The zero-order valence-electron chi connectivity index (χ0n) is 13.8. The van der Waals surface area contributed by atoms with Crippen molar-refractivity contribution in [1.82, 2.24) is 25.0 Å². The Morgan fingerprint density at radius 3 is 2.92 bits per heavy atom. The van der Waals surface area contributed by atoms with Gasteiger partial charge in [0.2, 0.25) is 5.88 Å². The number of benzene rings is 1. The first kappa shape index (κ1) is 15.6. The number of nitrogens with zero attached hydrogens (tertiary/aromatic N) is 4. The van der Waals surface area contributed by atoms with Crippen LogP contribution in [0.3, 0.4) is 0 Å². The molecule has 0 saturated carbocycles. The van der Waals surface area contributed by atoms with Crippen LogP contribution in [0.15, 0.2) is 36.5 Å². The number of ether oxygens (including phenoxy) is 1. The molecule has 0 atom stereocenters. The summed E-state index contributed by atoms with van der Waals surface area (Å²) in [6.07, 6.45) is 1.73. The molecule has 25 heavy (non-hydrogen) atoms. The van der Waals surface area contributed by atoms with Crippen LogP contribution in [-0.2, 0) is 7.05 Å². The normalized spacial score (nSPS) is 11.9. The summed E-state index contributed by atoms with van der Waals surface area (Å²) in [4.78, 5) is 4.34. The van der Waals surface area contributed by atoms with Gasteiger partial charge in [-0.1, -0.05) is 0 Å². The minimum atomic E-state index is -1.29. The molecule has 4 radical (unpaired) electrons. The number of rotatable bonds is 4. The molecule has 4 rings (SSSR count). The molecule has 0 saturated heterocycles. The Balaban J connectivity index is 1.71. The summed E-state index contributed by atoms with van der Waals surface area (Å²) in [7, 11) is 13.3. The number of aromatic nitrogens is 5. The van der Waals surface area contributed by atoms with Crippen molar-refractivity contribution in [2.45, 2.75) is 12.3 Å². The van der Waals surface area contributed by atoms with E-state index in [2.05, 4.69) is 25.6 Å². The molecule has 120 valence electrons. The SMILES string of the molecule is [B]C([B])(C)Oc1nn(C)c2cc(Nc3n[nH]c4cccnc34)ccc12. The second-order valence-electron chi connectivity index (χ2n) is 6.04. The van der Waals surface area contributed by atoms with Crippen LogP contribution < -0.4 is 10.1 Å². The molecule has 7 nitrogen and oxygen atoms in total. The number of H-pyrrole nitrogens is 1. The lowest BCUT2D eigenvalue weighted by Gasteiger charge is -2.20. The first-order chi connectivity index (χ1) is 11.9. The van der Waals surface area contributed by atoms with E-state index in [4.69, 9.17) is 20.4 Å². The number of hydrogen-bond acceptors (Lipinski definition) is 5. The predicted molar refractivity (Wildman–Crippen MR) is 98.4 cm³/mol. The van der Waals surface area contributed by atoms with Crippen molar-refractivity contribution in [2.75, 3.05) is 5.32 Å². The van der Waals surface area contributed by atoms with Gasteiger partial charge in [-0.3, -0.25) is 14.8 Å². The maximum Gasteiger partial charge on any atom is 0.239 e. The first-order valence-corrected chi connectivity index (χ1v) is 7.70. The summed E-state index contributed by atoms with van der Waals surface area (Å²) in [5, 5.41) is 14.3. The van der Waals surface area contributed by atoms with Gasteiger partial charge in [0, 0.05) is 24.3 Å². The summed E-state index contributed by atoms with van der Waals surface area (Å²) in [5.74, 6) is 1.05. The number of nitrogens with one attached hydrogen (secondary N) is 2. The second-order valence-corrected chi connectivity index (χ2v) is 6.04. The van der Waals surface area contributed by atoms with Gasteiger partial charge in [0.25, 0.3) is 0 Å². The third-order valence-electron chi connectivity index (χ3n) is 3.72. The fraction of sp³-hybridized carbons (Fsp3) is 0.188. The predicted octanol–water partition coefficient (Wildman–Crippen LogP) is 1.98. The minimum absolute atomic E-state index is 0.392. The molecule has 9 heteroatoms. The Labute approximate surface area is 146 Å². The average Bonchev–Trinajstić information content (AvgIpc) is 3.08. The highest BCUT2D eigenvalue weighted by molar-refractivity contribution is 6.38. The number of pyridine rings is 1. The molecule has 0 aliphatic heterocycles. The van der Waals surface area contributed by atoms with Crippen LogP contribution in [-0.4, -0.2) is 46.1 Å². The van der Waals surface area contributed by atoms with E-state index in [1.165, 1.54) is 0 Å². The Hall–Kier alpha value is -2.96. The fourth-order valence-electron chi connectivity index (χ4n) is 2.66. The van der Waals surface area contributed by atoms with E-state index in [-0.39, 0.29) is 0 Å². The molecule has 0 bridgehead atoms. The van der Waals surface area contributed by atoms with Gasteiger partial charge in [-0.25, -0.2) is 0 Å². The number of aryl methyl sites for hydroxylation is 1. The highest BCUT2D eigenvalue weighted by atomic mass is 16.5. The zero-order valence-corrected chi connectivity index (χ0v) is 13.8. The average molecular weight is 328 g/mol. The summed E-state index contributed by atoms with van der Waals surface area (Å²) >= 11 is 0.